The van der Waals surface area contributed by atoms with Crippen molar-refractivity contribution in [3.05, 3.63) is 29.8 Å². The summed E-state index contributed by atoms with van der Waals surface area (Å²) in [6, 6.07) is 4.11. The standard InChI is InChI=1S/C25H42N6O7/c1-17(2)22(31-21(33)9-12-37-14-15-38-13-10-26)24(35)30-20(4-3-11-28-25(27)36)23(34)29-19-7-5-18(16-32)6-8-19/h5-8,17,20,22,32H,3-4,9-16,26H2,1-2H3,(H,29,34)(H,30,35)(H,31,33)(H3,27,28,36)/t20-,22-/m0/s1. The monoisotopic (exact) mass is 538 g/mol. The van der Waals surface area contributed by atoms with Crippen molar-refractivity contribution in [3.63, 3.8) is 0 Å². The zero-order valence-corrected chi connectivity index (χ0v) is 22.2. The number of hydrogen-bond donors (Lipinski definition) is 7. The lowest BCUT2D eigenvalue weighted by atomic mass is 10.0. The number of nitrogens with one attached hydrogen (secondary N) is 4. The molecule has 0 saturated carbocycles. The summed E-state index contributed by atoms with van der Waals surface area (Å²) in [6.45, 7) is 5.38. The molecule has 214 valence electrons. The average Bonchev–Trinajstić information content (AvgIpc) is 2.88. The summed E-state index contributed by atoms with van der Waals surface area (Å²) in [5.41, 5.74) is 11.6. The van der Waals surface area contributed by atoms with Gasteiger partial charge in [-0.15, -0.1) is 0 Å². The Labute approximate surface area is 223 Å². The van der Waals surface area contributed by atoms with Crippen LogP contribution in [0.25, 0.3) is 0 Å². The number of benzene rings is 1. The van der Waals surface area contributed by atoms with E-state index in [0.717, 1.165) is 0 Å². The second-order valence-electron chi connectivity index (χ2n) is 8.89. The smallest absolute Gasteiger partial charge is 0.312 e. The molecule has 38 heavy (non-hydrogen) atoms. The van der Waals surface area contributed by atoms with E-state index in [2.05, 4.69) is 21.3 Å². The van der Waals surface area contributed by atoms with Gasteiger partial charge in [0.15, 0.2) is 0 Å². The third-order valence-corrected chi connectivity index (χ3v) is 5.38. The van der Waals surface area contributed by atoms with E-state index in [1.54, 1.807) is 38.1 Å². The number of nitrogens with two attached hydrogens (primary N) is 2. The molecule has 13 heteroatoms. The summed E-state index contributed by atoms with van der Waals surface area (Å²) in [6.07, 6.45) is 0.640. The van der Waals surface area contributed by atoms with E-state index in [0.29, 0.717) is 44.0 Å². The maximum Gasteiger partial charge on any atom is 0.312 e. The summed E-state index contributed by atoms with van der Waals surface area (Å²) in [7, 11) is 0. The number of rotatable bonds is 19. The first-order valence-electron chi connectivity index (χ1n) is 12.7. The van der Waals surface area contributed by atoms with E-state index >= 15 is 0 Å². The van der Waals surface area contributed by atoms with Crippen LogP contribution in [-0.4, -0.2) is 80.5 Å². The number of urea groups is 1. The molecule has 0 radical (unpaired) electrons. The third kappa shape index (κ3) is 13.9. The Hall–Kier alpha value is -3.26. The zero-order valence-electron chi connectivity index (χ0n) is 22.2. The van der Waals surface area contributed by atoms with Crippen LogP contribution in [0.3, 0.4) is 0 Å². The number of hydrogen-bond acceptors (Lipinski definition) is 8. The summed E-state index contributed by atoms with van der Waals surface area (Å²) in [5.74, 6) is -1.59. The molecule has 13 nitrogen and oxygen atoms in total. The topological polar surface area (TPSA) is 207 Å². The quantitative estimate of drug-likeness (QED) is 0.115. The minimum atomic E-state index is -0.940. The van der Waals surface area contributed by atoms with E-state index < -0.39 is 29.9 Å². The molecule has 1 aromatic rings. The first-order chi connectivity index (χ1) is 18.2. The predicted molar refractivity (Wildman–Crippen MR) is 142 cm³/mol. The number of aliphatic hydroxyl groups is 1. The van der Waals surface area contributed by atoms with E-state index in [-0.39, 0.29) is 44.4 Å². The normalized spacial score (nSPS) is 12.4. The summed E-state index contributed by atoms with van der Waals surface area (Å²) in [4.78, 5) is 49.5. The first kappa shape index (κ1) is 32.8. The highest BCUT2D eigenvalue weighted by Crippen LogP contribution is 2.12. The molecule has 0 unspecified atom stereocenters. The molecule has 0 saturated heterocycles. The molecule has 1 aromatic carbocycles. The van der Waals surface area contributed by atoms with Crippen LogP contribution in [0.4, 0.5) is 10.5 Å². The van der Waals surface area contributed by atoms with E-state index in [1.807, 2.05) is 0 Å². The Morgan fingerprint density at radius 3 is 2.18 bits per heavy atom. The van der Waals surface area contributed by atoms with Gasteiger partial charge in [-0.05, 0) is 36.5 Å². The van der Waals surface area contributed by atoms with Crippen molar-refractivity contribution in [1.29, 1.82) is 0 Å². The Balaban J connectivity index is 2.74. The molecular formula is C25H42N6O7. The fraction of sp³-hybridized carbons (Fsp3) is 0.600. The Bertz CT molecular complexity index is 866. The van der Waals surface area contributed by atoms with Gasteiger partial charge in [0.2, 0.25) is 17.7 Å². The second-order valence-corrected chi connectivity index (χ2v) is 8.89. The fourth-order valence-corrected chi connectivity index (χ4v) is 3.32. The van der Waals surface area contributed by atoms with Gasteiger partial charge in [0.05, 0.1) is 33.0 Å². The van der Waals surface area contributed by atoms with Crippen molar-refractivity contribution < 1.29 is 33.8 Å². The van der Waals surface area contributed by atoms with Gasteiger partial charge in [-0.2, -0.15) is 0 Å². The lowest BCUT2D eigenvalue weighted by Crippen LogP contribution is -2.54. The van der Waals surface area contributed by atoms with Crippen molar-refractivity contribution >= 4 is 29.4 Å². The average molecular weight is 539 g/mol. The highest BCUT2D eigenvalue weighted by Gasteiger charge is 2.28. The number of carbonyl (C=O) groups excluding carboxylic acids is 4. The van der Waals surface area contributed by atoms with Crippen LogP contribution in [0.1, 0.15) is 38.7 Å². The van der Waals surface area contributed by atoms with Gasteiger partial charge in [0.1, 0.15) is 12.1 Å². The van der Waals surface area contributed by atoms with E-state index in [4.69, 9.17) is 20.9 Å². The molecule has 1 rings (SSSR count). The number of anilines is 1. The van der Waals surface area contributed by atoms with Gasteiger partial charge in [-0.25, -0.2) is 4.79 Å². The van der Waals surface area contributed by atoms with Crippen LogP contribution in [0.5, 0.6) is 0 Å². The third-order valence-electron chi connectivity index (χ3n) is 5.38. The molecule has 9 N–H and O–H groups in total. The Morgan fingerprint density at radius 2 is 1.61 bits per heavy atom. The largest absolute Gasteiger partial charge is 0.392 e. The maximum absolute atomic E-state index is 13.1. The molecule has 5 amide bonds. The molecule has 0 spiro atoms. The maximum atomic E-state index is 13.1. The van der Waals surface area contributed by atoms with Gasteiger partial charge in [-0.1, -0.05) is 26.0 Å². The van der Waals surface area contributed by atoms with Crippen molar-refractivity contribution in [2.45, 2.75) is 51.8 Å². The fourth-order valence-electron chi connectivity index (χ4n) is 3.32. The molecule has 0 heterocycles. The summed E-state index contributed by atoms with van der Waals surface area (Å²) < 4.78 is 10.6. The second kappa shape index (κ2) is 18.9. The highest BCUT2D eigenvalue weighted by atomic mass is 16.5. The van der Waals surface area contributed by atoms with Crippen LogP contribution in [0, 0.1) is 5.92 Å². The van der Waals surface area contributed by atoms with E-state index in [1.165, 1.54) is 0 Å². The van der Waals surface area contributed by atoms with Gasteiger partial charge >= 0.3 is 6.03 Å². The van der Waals surface area contributed by atoms with Crippen LogP contribution in [0.15, 0.2) is 24.3 Å². The van der Waals surface area contributed by atoms with Crippen molar-refractivity contribution in [2.75, 3.05) is 44.8 Å². The minimum absolute atomic E-state index is 0.0555. The molecule has 0 aliphatic carbocycles. The molecule has 0 fully saturated rings. The lowest BCUT2D eigenvalue weighted by molar-refractivity contribution is -0.132. The van der Waals surface area contributed by atoms with Gasteiger partial charge in [0.25, 0.3) is 0 Å². The first-order valence-corrected chi connectivity index (χ1v) is 12.7. The number of primary amides is 1. The van der Waals surface area contributed by atoms with Gasteiger partial charge in [-0.3, -0.25) is 14.4 Å². The van der Waals surface area contributed by atoms with Crippen LogP contribution in [-0.2, 0) is 30.5 Å². The van der Waals surface area contributed by atoms with Gasteiger partial charge in [0, 0.05) is 25.2 Å². The van der Waals surface area contributed by atoms with Gasteiger partial charge < -0.3 is 47.3 Å². The predicted octanol–water partition coefficient (Wildman–Crippen LogP) is -0.426. The molecule has 0 bridgehead atoms. The lowest BCUT2D eigenvalue weighted by Gasteiger charge is -2.25. The minimum Gasteiger partial charge on any atom is -0.392 e. The number of aliphatic hydroxyl groups excluding tert-OH is 1. The number of ether oxygens (including phenoxy) is 2. The van der Waals surface area contributed by atoms with Crippen LogP contribution < -0.4 is 32.7 Å². The molecule has 0 aromatic heterocycles. The molecule has 0 aliphatic rings. The Morgan fingerprint density at radius 1 is 0.947 bits per heavy atom. The summed E-state index contributed by atoms with van der Waals surface area (Å²) in [5, 5.41) is 19.8. The van der Waals surface area contributed by atoms with Crippen molar-refractivity contribution in [1.82, 2.24) is 16.0 Å². The Kier molecular flexibility index (Phi) is 16.3. The van der Waals surface area contributed by atoms with Crippen molar-refractivity contribution in [3.8, 4) is 0 Å². The van der Waals surface area contributed by atoms with Crippen LogP contribution >= 0.6 is 0 Å². The molecule has 0 aliphatic heterocycles. The van der Waals surface area contributed by atoms with Crippen molar-refractivity contribution in [2.24, 2.45) is 17.4 Å². The zero-order chi connectivity index (χ0) is 28.3. The number of carbonyl (C=O) groups is 4. The highest BCUT2D eigenvalue weighted by molar-refractivity contribution is 5.98. The SMILES string of the molecule is CC(C)[C@H](NC(=O)CCOCCOCCN)C(=O)N[C@@H](CCCNC(N)=O)C(=O)Nc1ccc(CO)cc1. The molecular weight excluding hydrogens is 496 g/mol. The van der Waals surface area contributed by atoms with E-state index in [9.17, 15) is 24.3 Å². The van der Waals surface area contributed by atoms with Crippen LogP contribution in [0.2, 0.25) is 0 Å². The molecule has 2 atom stereocenters. The summed E-state index contributed by atoms with van der Waals surface area (Å²) >= 11 is 0. The number of amides is 5.